The quantitative estimate of drug-likeness (QED) is 0.894. The summed E-state index contributed by atoms with van der Waals surface area (Å²) in [7, 11) is 0. The molecule has 0 saturated heterocycles. The third kappa shape index (κ3) is 2.94. The van der Waals surface area contributed by atoms with Crippen LogP contribution in [0.4, 0.5) is 0 Å². The van der Waals surface area contributed by atoms with Gasteiger partial charge in [0.25, 0.3) is 0 Å². The molecule has 90 valence electrons. The summed E-state index contributed by atoms with van der Waals surface area (Å²) in [6, 6.07) is 5.06. The van der Waals surface area contributed by atoms with E-state index in [0.717, 1.165) is 15.2 Å². The van der Waals surface area contributed by atoms with E-state index in [1.165, 1.54) is 11.3 Å². The van der Waals surface area contributed by atoms with Crippen molar-refractivity contribution in [2.45, 2.75) is 19.5 Å². The van der Waals surface area contributed by atoms with Crippen molar-refractivity contribution in [3.8, 4) is 0 Å². The molecule has 17 heavy (non-hydrogen) atoms. The zero-order valence-electron chi connectivity index (χ0n) is 9.24. The van der Waals surface area contributed by atoms with E-state index in [0.29, 0.717) is 11.6 Å². The van der Waals surface area contributed by atoms with Crippen LogP contribution >= 0.6 is 22.9 Å². The second kappa shape index (κ2) is 5.00. The normalized spacial score (nSPS) is 12.6. The van der Waals surface area contributed by atoms with E-state index in [4.69, 9.17) is 17.3 Å². The van der Waals surface area contributed by atoms with Crippen LogP contribution in [0, 0.1) is 0 Å². The van der Waals surface area contributed by atoms with E-state index in [1.54, 1.807) is 6.92 Å². The molecule has 4 nitrogen and oxygen atoms in total. The fraction of sp³-hybridized carbons (Fsp3) is 0.273. The zero-order valence-corrected chi connectivity index (χ0v) is 10.8. The molecule has 2 aromatic rings. The summed E-state index contributed by atoms with van der Waals surface area (Å²) in [5.74, 6) is -0.178. The molecule has 1 heterocycles. The number of nitrogens with two attached hydrogens (primary N) is 1. The van der Waals surface area contributed by atoms with Crippen LogP contribution in [0.15, 0.2) is 18.2 Å². The van der Waals surface area contributed by atoms with Crippen molar-refractivity contribution in [2.75, 3.05) is 0 Å². The van der Waals surface area contributed by atoms with Crippen molar-refractivity contribution >= 4 is 39.1 Å². The summed E-state index contributed by atoms with van der Waals surface area (Å²) >= 11 is 7.41. The highest BCUT2D eigenvalue weighted by Gasteiger charge is 2.09. The van der Waals surface area contributed by atoms with Crippen molar-refractivity contribution in [1.82, 2.24) is 10.3 Å². The third-order valence-electron chi connectivity index (χ3n) is 2.22. The Balaban J connectivity index is 2.12. The fourth-order valence-electron chi connectivity index (χ4n) is 1.35. The number of carbonyl (C=O) groups excluding carboxylic acids is 1. The van der Waals surface area contributed by atoms with E-state index in [-0.39, 0.29) is 5.91 Å². The number of hydrogen-bond donors (Lipinski definition) is 2. The molecule has 0 aliphatic heterocycles. The number of fused-ring (bicyclic) bond motifs is 1. The lowest BCUT2D eigenvalue weighted by Gasteiger charge is -2.04. The smallest absolute Gasteiger partial charge is 0.236 e. The van der Waals surface area contributed by atoms with E-state index in [2.05, 4.69) is 10.3 Å². The van der Waals surface area contributed by atoms with Crippen LogP contribution in [0.3, 0.4) is 0 Å². The summed E-state index contributed by atoms with van der Waals surface area (Å²) in [4.78, 5) is 15.7. The molecule has 2 rings (SSSR count). The molecule has 0 radical (unpaired) electrons. The maximum Gasteiger partial charge on any atom is 0.236 e. The molecule has 0 saturated carbocycles. The molecule has 0 bridgehead atoms. The minimum absolute atomic E-state index is 0.178. The number of nitrogens with one attached hydrogen (secondary N) is 1. The number of aromatic nitrogens is 1. The second-order valence-electron chi connectivity index (χ2n) is 3.73. The average molecular weight is 270 g/mol. The molecule has 0 aliphatic carbocycles. The van der Waals surface area contributed by atoms with Gasteiger partial charge in [0.05, 0.1) is 22.8 Å². The Bertz CT molecular complexity index is 553. The molecular weight excluding hydrogens is 258 g/mol. The molecular formula is C11H12ClN3OS. The van der Waals surface area contributed by atoms with Gasteiger partial charge in [0.2, 0.25) is 5.91 Å². The SMILES string of the molecule is C[C@@H](N)C(=O)NCc1nc2cc(Cl)ccc2s1. The fourth-order valence-corrected chi connectivity index (χ4v) is 2.40. The Labute approximate surface area is 108 Å². The lowest BCUT2D eigenvalue weighted by atomic mass is 10.3. The summed E-state index contributed by atoms with van der Waals surface area (Å²) in [5, 5.41) is 4.23. The number of halogens is 1. The number of rotatable bonds is 3. The van der Waals surface area contributed by atoms with Crippen molar-refractivity contribution in [1.29, 1.82) is 0 Å². The highest BCUT2D eigenvalue weighted by Crippen LogP contribution is 2.24. The van der Waals surface area contributed by atoms with Gasteiger partial charge in [-0.2, -0.15) is 0 Å². The van der Waals surface area contributed by atoms with Gasteiger partial charge in [-0.05, 0) is 25.1 Å². The van der Waals surface area contributed by atoms with Gasteiger partial charge in [-0.1, -0.05) is 11.6 Å². The highest BCUT2D eigenvalue weighted by molar-refractivity contribution is 7.18. The standard InChI is InChI=1S/C11H12ClN3OS/c1-6(13)11(16)14-5-10-15-8-4-7(12)2-3-9(8)17-10/h2-4,6H,5,13H2,1H3,(H,14,16)/t6-/m1/s1. The Morgan fingerprint density at radius 2 is 2.41 bits per heavy atom. The van der Waals surface area contributed by atoms with Crippen LogP contribution < -0.4 is 11.1 Å². The Morgan fingerprint density at radius 3 is 3.12 bits per heavy atom. The van der Waals surface area contributed by atoms with Gasteiger partial charge in [-0.3, -0.25) is 4.79 Å². The maximum atomic E-state index is 11.3. The molecule has 0 unspecified atom stereocenters. The number of amides is 1. The van der Waals surface area contributed by atoms with Crippen LogP contribution in [0.5, 0.6) is 0 Å². The molecule has 0 aliphatic rings. The van der Waals surface area contributed by atoms with Gasteiger partial charge in [0.15, 0.2) is 0 Å². The van der Waals surface area contributed by atoms with Crippen LogP contribution in [-0.2, 0) is 11.3 Å². The van der Waals surface area contributed by atoms with Crippen molar-refractivity contribution < 1.29 is 4.79 Å². The highest BCUT2D eigenvalue weighted by atomic mass is 35.5. The molecule has 6 heteroatoms. The van der Waals surface area contributed by atoms with Crippen LogP contribution in [-0.4, -0.2) is 16.9 Å². The van der Waals surface area contributed by atoms with Crippen molar-refractivity contribution in [3.05, 3.63) is 28.2 Å². The zero-order chi connectivity index (χ0) is 12.4. The van der Waals surface area contributed by atoms with Gasteiger partial charge in [0, 0.05) is 5.02 Å². The Kier molecular flexibility index (Phi) is 3.61. The largest absolute Gasteiger partial charge is 0.348 e. The van der Waals surface area contributed by atoms with Crippen LogP contribution in [0.25, 0.3) is 10.2 Å². The van der Waals surface area contributed by atoms with Gasteiger partial charge < -0.3 is 11.1 Å². The van der Waals surface area contributed by atoms with Crippen LogP contribution in [0.1, 0.15) is 11.9 Å². The summed E-state index contributed by atoms with van der Waals surface area (Å²) in [6.07, 6.45) is 0. The number of carbonyl (C=O) groups is 1. The van der Waals surface area contributed by atoms with Gasteiger partial charge in [-0.15, -0.1) is 11.3 Å². The average Bonchev–Trinajstić information content (AvgIpc) is 2.67. The molecule has 0 fully saturated rings. The lowest BCUT2D eigenvalue weighted by Crippen LogP contribution is -2.37. The number of thiazole rings is 1. The predicted molar refractivity (Wildman–Crippen MR) is 70.1 cm³/mol. The molecule has 3 N–H and O–H groups in total. The molecule has 1 atom stereocenters. The van der Waals surface area contributed by atoms with Gasteiger partial charge >= 0.3 is 0 Å². The molecule has 1 aromatic carbocycles. The van der Waals surface area contributed by atoms with Crippen LogP contribution in [0.2, 0.25) is 5.02 Å². The Hall–Kier alpha value is -1.17. The number of hydrogen-bond acceptors (Lipinski definition) is 4. The van der Waals surface area contributed by atoms with Gasteiger partial charge in [0.1, 0.15) is 5.01 Å². The van der Waals surface area contributed by atoms with Gasteiger partial charge in [-0.25, -0.2) is 4.98 Å². The first-order valence-electron chi connectivity index (χ1n) is 5.14. The monoisotopic (exact) mass is 269 g/mol. The van der Waals surface area contributed by atoms with Crippen molar-refractivity contribution in [3.63, 3.8) is 0 Å². The molecule has 1 aromatic heterocycles. The van der Waals surface area contributed by atoms with E-state index in [1.807, 2.05) is 18.2 Å². The summed E-state index contributed by atoms with van der Waals surface area (Å²) in [5.41, 5.74) is 6.30. The Morgan fingerprint density at radius 1 is 1.65 bits per heavy atom. The van der Waals surface area contributed by atoms with E-state index >= 15 is 0 Å². The summed E-state index contributed by atoms with van der Waals surface area (Å²) in [6.45, 7) is 2.05. The minimum atomic E-state index is -0.501. The minimum Gasteiger partial charge on any atom is -0.348 e. The topological polar surface area (TPSA) is 68.0 Å². The van der Waals surface area contributed by atoms with Crippen molar-refractivity contribution in [2.24, 2.45) is 5.73 Å². The summed E-state index contributed by atoms with van der Waals surface area (Å²) < 4.78 is 1.06. The number of nitrogens with zero attached hydrogens (tertiary/aromatic N) is 1. The number of benzene rings is 1. The van der Waals surface area contributed by atoms with E-state index in [9.17, 15) is 4.79 Å². The third-order valence-corrected chi connectivity index (χ3v) is 3.49. The lowest BCUT2D eigenvalue weighted by molar-refractivity contribution is -0.122. The second-order valence-corrected chi connectivity index (χ2v) is 5.28. The molecule has 1 amide bonds. The predicted octanol–water partition coefficient (Wildman–Crippen LogP) is 1.91. The maximum absolute atomic E-state index is 11.3. The first kappa shape index (κ1) is 12.3. The molecule has 0 spiro atoms. The van der Waals surface area contributed by atoms with E-state index < -0.39 is 6.04 Å². The first-order valence-corrected chi connectivity index (χ1v) is 6.34. The first-order chi connectivity index (χ1) is 8.06.